The zero-order valence-corrected chi connectivity index (χ0v) is 21.1. The van der Waals surface area contributed by atoms with Gasteiger partial charge in [0.2, 0.25) is 0 Å². The monoisotopic (exact) mass is 604 g/mol. The van der Waals surface area contributed by atoms with Crippen LogP contribution in [0.1, 0.15) is 30.4 Å². The Bertz CT molecular complexity index is 1660. The average molecular weight is 604 g/mol. The Balaban J connectivity index is 1.52. The molecular weight excluding hydrogens is 584 g/mol. The fraction of sp³-hybridized carbons (Fsp3) is 0.320. The molecule has 0 aliphatic rings. The Morgan fingerprint density at radius 3 is 2.45 bits per heavy atom. The summed E-state index contributed by atoms with van der Waals surface area (Å²) in [6.07, 6.45) is -5.17. The second-order valence-electron chi connectivity index (χ2n) is 8.93. The zero-order chi connectivity index (χ0) is 30.6. The number of alkyl halides is 7. The molecule has 9 nitrogen and oxygen atoms in total. The molecule has 0 fully saturated rings. The van der Waals surface area contributed by atoms with Gasteiger partial charge in [0, 0.05) is 29.9 Å². The van der Waals surface area contributed by atoms with Gasteiger partial charge in [-0.1, -0.05) is 0 Å². The molecule has 42 heavy (non-hydrogen) atoms. The van der Waals surface area contributed by atoms with E-state index in [4.69, 9.17) is 0 Å². The van der Waals surface area contributed by atoms with Crippen molar-refractivity contribution in [1.82, 2.24) is 24.7 Å². The van der Waals surface area contributed by atoms with Gasteiger partial charge >= 0.3 is 12.8 Å². The van der Waals surface area contributed by atoms with E-state index in [0.717, 1.165) is 29.2 Å². The normalized spacial score (nSPS) is 12.8. The van der Waals surface area contributed by atoms with Gasteiger partial charge in [-0.3, -0.25) is 19.1 Å². The van der Waals surface area contributed by atoms with Crippen LogP contribution in [0.25, 0.3) is 22.2 Å². The fourth-order valence-electron chi connectivity index (χ4n) is 4.13. The third-order valence-corrected chi connectivity index (χ3v) is 6.10. The number of fused-ring (bicyclic) bond motifs is 1. The average Bonchev–Trinajstić information content (AvgIpc) is 2.92. The second kappa shape index (κ2) is 12.6. The number of hydrogen-bond acceptors (Lipinski definition) is 7. The summed E-state index contributed by atoms with van der Waals surface area (Å²) in [5.74, 6) is -0.864. The largest absolute Gasteiger partial charge is 0.423 e. The molecule has 0 aliphatic carbocycles. The molecule has 17 heteroatoms. The van der Waals surface area contributed by atoms with Gasteiger partial charge in [-0.2, -0.15) is 27.1 Å². The number of aromatic nitrogens is 5. The van der Waals surface area contributed by atoms with Crippen LogP contribution in [0.4, 0.5) is 40.8 Å². The second-order valence-corrected chi connectivity index (χ2v) is 8.93. The van der Waals surface area contributed by atoms with Crippen molar-refractivity contribution in [1.29, 1.82) is 0 Å². The molecular formula is C25H20F8N6O3. The number of benzene rings is 1. The number of aryl methyl sites for hydroxylation is 1. The van der Waals surface area contributed by atoms with Gasteiger partial charge in [0.15, 0.2) is 0 Å². The van der Waals surface area contributed by atoms with Gasteiger partial charge in [-0.25, -0.2) is 23.3 Å². The van der Waals surface area contributed by atoms with Crippen molar-refractivity contribution in [2.75, 3.05) is 11.9 Å². The first-order chi connectivity index (χ1) is 19.8. The van der Waals surface area contributed by atoms with Crippen LogP contribution in [0, 0.1) is 5.82 Å². The van der Waals surface area contributed by atoms with Crippen LogP contribution in [0.2, 0.25) is 0 Å². The van der Waals surface area contributed by atoms with Crippen molar-refractivity contribution in [3.63, 3.8) is 0 Å². The van der Waals surface area contributed by atoms with Crippen molar-refractivity contribution in [3.8, 4) is 11.3 Å². The van der Waals surface area contributed by atoms with E-state index in [-0.39, 0.29) is 47.1 Å². The van der Waals surface area contributed by atoms with Gasteiger partial charge in [0.05, 0.1) is 41.4 Å². The minimum absolute atomic E-state index is 0.0380. The highest BCUT2D eigenvalue weighted by Gasteiger charge is 2.37. The third-order valence-electron chi connectivity index (χ3n) is 6.10. The molecule has 2 N–H and O–H groups in total. The molecule has 0 unspecified atom stereocenters. The summed E-state index contributed by atoms with van der Waals surface area (Å²) < 4.78 is 111. The Labute approximate surface area is 230 Å². The molecule has 4 rings (SSSR count). The number of H-pyrrole nitrogens is 1. The summed E-state index contributed by atoms with van der Waals surface area (Å²) >= 11 is 0. The van der Waals surface area contributed by atoms with Crippen molar-refractivity contribution >= 4 is 16.6 Å². The molecule has 3 heterocycles. The number of ether oxygens (including phenoxy) is 1. The Hall–Kier alpha value is -4.41. The highest BCUT2D eigenvalue weighted by atomic mass is 19.4. The molecule has 1 aromatic carbocycles. The summed E-state index contributed by atoms with van der Waals surface area (Å²) in [7, 11) is 0. The predicted octanol–water partition coefficient (Wildman–Crippen LogP) is 5.14. The van der Waals surface area contributed by atoms with E-state index < -0.39 is 60.0 Å². The van der Waals surface area contributed by atoms with E-state index in [9.17, 15) is 44.7 Å². The molecule has 4 aromatic rings. The van der Waals surface area contributed by atoms with E-state index >= 15 is 0 Å². The highest BCUT2D eigenvalue weighted by molar-refractivity contribution is 5.83. The van der Waals surface area contributed by atoms with Gasteiger partial charge in [0.1, 0.15) is 11.4 Å². The maximum atomic E-state index is 14.9. The molecule has 0 radical (unpaired) electrons. The lowest BCUT2D eigenvalue weighted by Crippen LogP contribution is -2.32. The van der Waals surface area contributed by atoms with Crippen LogP contribution < -0.4 is 16.4 Å². The molecule has 0 amide bonds. The Morgan fingerprint density at radius 2 is 1.81 bits per heavy atom. The van der Waals surface area contributed by atoms with Crippen LogP contribution >= 0.6 is 0 Å². The van der Waals surface area contributed by atoms with Crippen molar-refractivity contribution in [3.05, 3.63) is 80.6 Å². The lowest BCUT2D eigenvalue weighted by Gasteiger charge is -2.22. The Morgan fingerprint density at radius 1 is 1.05 bits per heavy atom. The predicted molar refractivity (Wildman–Crippen MR) is 133 cm³/mol. The fourth-order valence-corrected chi connectivity index (χ4v) is 4.13. The molecule has 0 saturated carbocycles. The van der Waals surface area contributed by atoms with Crippen LogP contribution in [0.5, 0.6) is 0 Å². The van der Waals surface area contributed by atoms with Crippen LogP contribution in [0.3, 0.4) is 0 Å². The lowest BCUT2D eigenvalue weighted by molar-refractivity contribution is -0.138. The van der Waals surface area contributed by atoms with Crippen molar-refractivity contribution in [2.45, 2.75) is 44.6 Å². The van der Waals surface area contributed by atoms with E-state index in [1.807, 2.05) is 0 Å². The topological polar surface area (TPSA) is 115 Å². The van der Waals surface area contributed by atoms with Crippen LogP contribution in [-0.2, 0) is 17.5 Å². The van der Waals surface area contributed by atoms with Gasteiger partial charge in [0.25, 0.3) is 17.5 Å². The van der Waals surface area contributed by atoms with Crippen molar-refractivity contribution in [2.24, 2.45) is 0 Å². The van der Waals surface area contributed by atoms with Crippen LogP contribution in [0.15, 0.2) is 52.6 Å². The first-order valence-electron chi connectivity index (χ1n) is 12.1. The number of aromatic amines is 1. The smallest absolute Gasteiger partial charge is 0.378 e. The number of anilines is 1. The third kappa shape index (κ3) is 7.07. The van der Waals surface area contributed by atoms with Crippen LogP contribution in [-0.4, -0.2) is 44.0 Å². The first-order valence-corrected chi connectivity index (χ1v) is 12.1. The van der Waals surface area contributed by atoms with E-state index in [1.165, 1.54) is 12.1 Å². The summed E-state index contributed by atoms with van der Waals surface area (Å²) in [4.78, 5) is 32.6. The Kier molecular flexibility index (Phi) is 9.18. The summed E-state index contributed by atoms with van der Waals surface area (Å²) in [5.41, 5.74) is -4.86. The van der Waals surface area contributed by atoms with E-state index in [2.05, 4.69) is 25.1 Å². The number of hydrogen-bond donors (Lipinski definition) is 2. The number of nitrogens with one attached hydrogen (secondary N) is 2. The summed E-state index contributed by atoms with van der Waals surface area (Å²) in [6, 6.07) is 3.28. The first kappa shape index (κ1) is 30.5. The maximum absolute atomic E-state index is 14.9. The molecule has 0 saturated heterocycles. The molecule has 0 spiro atoms. The minimum Gasteiger partial charge on any atom is -0.378 e. The number of halogens is 8. The highest BCUT2D eigenvalue weighted by Crippen LogP contribution is 2.32. The standard InChI is InChI=1S/C25H20F8N6O3/c26-16-6-15-18(7-14(16)17-4-3-12(8-34-17)21(27)28)35-11-39(23(15)41)5-1-2-13(10-42-24(29)30)37-19-9-36-38-22(40)20(19)25(31,32)33/h3-4,6-9,11,13,21,24H,1-2,5,10H2,(H2,37,38,40)/t13-/m1/s1. The number of rotatable bonds is 11. The van der Waals surface area contributed by atoms with E-state index in [1.54, 1.807) is 5.10 Å². The number of nitrogens with zero attached hydrogens (tertiary/aromatic N) is 4. The molecule has 0 aliphatic heterocycles. The maximum Gasteiger partial charge on any atom is 0.423 e. The van der Waals surface area contributed by atoms with Crippen molar-refractivity contribution < 1.29 is 39.9 Å². The molecule has 1 atom stereocenters. The van der Waals surface area contributed by atoms with Gasteiger partial charge in [-0.15, -0.1) is 0 Å². The summed E-state index contributed by atoms with van der Waals surface area (Å²) in [5, 5.41) is 7.21. The quantitative estimate of drug-likeness (QED) is 0.228. The zero-order valence-electron chi connectivity index (χ0n) is 21.1. The molecule has 3 aromatic heterocycles. The minimum atomic E-state index is -5.07. The molecule has 0 bridgehead atoms. The molecule has 224 valence electrons. The van der Waals surface area contributed by atoms with E-state index in [0.29, 0.717) is 6.20 Å². The lowest BCUT2D eigenvalue weighted by atomic mass is 10.1. The van der Waals surface area contributed by atoms with Gasteiger partial charge < -0.3 is 10.1 Å². The number of pyridine rings is 1. The summed E-state index contributed by atoms with van der Waals surface area (Å²) in [6.45, 7) is -4.06. The SMILES string of the molecule is O=c1[nH]ncc(N[C@H](CCCn2cnc3cc(-c4ccc(C(F)F)cn4)c(F)cc3c2=O)COC(F)F)c1C(F)(F)F. The van der Waals surface area contributed by atoms with Gasteiger partial charge in [-0.05, 0) is 37.1 Å².